The molecular formula is C17H25N3O. The van der Waals surface area contributed by atoms with Crippen molar-refractivity contribution < 1.29 is 4.79 Å². The Morgan fingerprint density at radius 3 is 3.00 bits per heavy atom. The predicted octanol–water partition coefficient (Wildman–Crippen LogP) is 3.31. The summed E-state index contributed by atoms with van der Waals surface area (Å²) in [5.74, 6) is 1.71. The minimum absolute atomic E-state index is 0.188. The molecule has 0 spiro atoms. The van der Waals surface area contributed by atoms with Gasteiger partial charge in [0.2, 0.25) is 0 Å². The van der Waals surface area contributed by atoms with E-state index in [9.17, 15) is 4.79 Å². The molecule has 1 aromatic heterocycles. The highest BCUT2D eigenvalue weighted by Gasteiger charge is 2.35. The van der Waals surface area contributed by atoms with E-state index in [0.717, 1.165) is 36.8 Å². The zero-order valence-electron chi connectivity index (χ0n) is 12.8. The predicted molar refractivity (Wildman–Crippen MR) is 84.4 cm³/mol. The third kappa shape index (κ3) is 3.04. The van der Waals surface area contributed by atoms with Crippen molar-refractivity contribution in [3.8, 4) is 0 Å². The van der Waals surface area contributed by atoms with Crippen LogP contribution in [-0.4, -0.2) is 34.9 Å². The Balaban J connectivity index is 1.78. The number of pyridine rings is 1. The Bertz CT molecular complexity index is 501. The van der Waals surface area contributed by atoms with E-state index < -0.39 is 0 Å². The maximum Gasteiger partial charge on any atom is 0.254 e. The van der Waals surface area contributed by atoms with Crippen molar-refractivity contribution in [3.05, 3.63) is 23.9 Å². The monoisotopic (exact) mass is 287 g/mol. The number of hydrogen-bond acceptors (Lipinski definition) is 3. The van der Waals surface area contributed by atoms with Crippen LogP contribution in [0.25, 0.3) is 0 Å². The molecule has 1 saturated carbocycles. The van der Waals surface area contributed by atoms with Gasteiger partial charge in [-0.25, -0.2) is 4.98 Å². The van der Waals surface area contributed by atoms with Gasteiger partial charge in [-0.1, -0.05) is 12.8 Å². The molecule has 1 N–H and O–H groups in total. The molecule has 2 heterocycles. The molecule has 3 rings (SSSR count). The summed E-state index contributed by atoms with van der Waals surface area (Å²) < 4.78 is 0. The second-order valence-electron chi connectivity index (χ2n) is 6.21. The van der Waals surface area contributed by atoms with Crippen molar-refractivity contribution in [3.63, 3.8) is 0 Å². The lowest BCUT2D eigenvalue weighted by molar-refractivity contribution is 0.0390. The number of carbonyl (C=O) groups is 1. The summed E-state index contributed by atoms with van der Waals surface area (Å²) >= 11 is 0. The lowest BCUT2D eigenvalue weighted by atomic mass is 9.78. The third-order valence-corrected chi connectivity index (χ3v) is 4.87. The van der Waals surface area contributed by atoms with Gasteiger partial charge < -0.3 is 10.2 Å². The number of amides is 1. The zero-order valence-corrected chi connectivity index (χ0v) is 12.8. The van der Waals surface area contributed by atoms with Gasteiger partial charge in [0, 0.05) is 30.9 Å². The maximum absolute atomic E-state index is 12.9. The van der Waals surface area contributed by atoms with E-state index in [1.54, 1.807) is 6.20 Å². The van der Waals surface area contributed by atoms with Crippen molar-refractivity contribution in [1.29, 1.82) is 0 Å². The molecule has 1 aromatic rings. The molecule has 4 nitrogen and oxygen atoms in total. The van der Waals surface area contributed by atoms with Crippen LogP contribution in [0.15, 0.2) is 18.3 Å². The van der Waals surface area contributed by atoms with Crippen molar-refractivity contribution in [2.24, 2.45) is 5.92 Å². The Hall–Kier alpha value is -1.58. The number of nitrogens with zero attached hydrogens (tertiary/aromatic N) is 2. The molecule has 2 unspecified atom stereocenters. The van der Waals surface area contributed by atoms with Crippen LogP contribution in [0.1, 0.15) is 55.8 Å². The number of carbonyl (C=O) groups excluding carboxylic acids is 1. The SMILES string of the molecule is CCNc1cc(C(=O)N2CCCC3CCCCC32)ccn1. The smallest absolute Gasteiger partial charge is 0.254 e. The van der Waals surface area contributed by atoms with Crippen LogP contribution in [0.2, 0.25) is 0 Å². The van der Waals surface area contributed by atoms with E-state index in [-0.39, 0.29) is 5.91 Å². The average Bonchev–Trinajstić information content (AvgIpc) is 2.54. The highest BCUT2D eigenvalue weighted by Crippen LogP contribution is 2.35. The molecule has 2 atom stereocenters. The largest absolute Gasteiger partial charge is 0.370 e. The number of piperidine rings is 1. The van der Waals surface area contributed by atoms with Gasteiger partial charge in [0.15, 0.2) is 0 Å². The highest BCUT2D eigenvalue weighted by atomic mass is 16.2. The molecule has 4 heteroatoms. The van der Waals surface area contributed by atoms with E-state index in [4.69, 9.17) is 0 Å². The fourth-order valence-electron chi connectivity index (χ4n) is 3.88. The van der Waals surface area contributed by atoms with Gasteiger partial charge in [-0.15, -0.1) is 0 Å². The first-order valence-electron chi connectivity index (χ1n) is 8.30. The molecule has 0 aromatic carbocycles. The van der Waals surface area contributed by atoms with Gasteiger partial charge in [-0.05, 0) is 50.7 Å². The topological polar surface area (TPSA) is 45.2 Å². The molecule has 114 valence electrons. The minimum Gasteiger partial charge on any atom is -0.370 e. The van der Waals surface area contributed by atoms with Gasteiger partial charge in [-0.2, -0.15) is 0 Å². The summed E-state index contributed by atoms with van der Waals surface area (Å²) in [4.78, 5) is 19.3. The number of fused-ring (bicyclic) bond motifs is 1. The molecule has 1 aliphatic carbocycles. The zero-order chi connectivity index (χ0) is 14.7. The number of rotatable bonds is 3. The first-order chi connectivity index (χ1) is 10.3. The molecule has 1 saturated heterocycles. The second kappa shape index (κ2) is 6.46. The number of nitrogens with one attached hydrogen (secondary N) is 1. The number of likely N-dealkylation sites (tertiary alicyclic amines) is 1. The van der Waals surface area contributed by atoms with Gasteiger partial charge in [0.25, 0.3) is 5.91 Å². The van der Waals surface area contributed by atoms with Crippen LogP contribution < -0.4 is 5.32 Å². The summed E-state index contributed by atoms with van der Waals surface area (Å²) in [5.41, 5.74) is 0.771. The van der Waals surface area contributed by atoms with Crippen molar-refractivity contribution in [2.45, 2.75) is 51.5 Å². The van der Waals surface area contributed by atoms with Crippen LogP contribution in [-0.2, 0) is 0 Å². The molecule has 1 amide bonds. The van der Waals surface area contributed by atoms with Gasteiger partial charge in [0.05, 0.1) is 0 Å². The normalized spacial score (nSPS) is 25.3. The van der Waals surface area contributed by atoms with Gasteiger partial charge in [0.1, 0.15) is 5.82 Å². The quantitative estimate of drug-likeness (QED) is 0.927. The lowest BCUT2D eigenvalue weighted by Crippen LogP contribution is -2.49. The fourth-order valence-corrected chi connectivity index (χ4v) is 3.88. The van der Waals surface area contributed by atoms with E-state index >= 15 is 0 Å². The van der Waals surface area contributed by atoms with E-state index in [2.05, 4.69) is 15.2 Å². The van der Waals surface area contributed by atoms with E-state index in [1.165, 1.54) is 32.1 Å². The molecule has 2 fully saturated rings. The summed E-state index contributed by atoms with van der Waals surface area (Å²) in [6.45, 7) is 3.77. The molecule has 1 aliphatic heterocycles. The molecular weight excluding hydrogens is 262 g/mol. The number of aromatic nitrogens is 1. The standard InChI is InChI=1S/C17H25N3O/c1-2-18-16-12-14(9-10-19-16)17(21)20-11-5-7-13-6-3-4-8-15(13)20/h9-10,12-13,15H,2-8,11H2,1H3,(H,18,19). The van der Waals surface area contributed by atoms with Crippen molar-refractivity contribution in [2.75, 3.05) is 18.4 Å². The van der Waals surface area contributed by atoms with Crippen LogP contribution in [0, 0.1) is 5.92 Å². The molecule has 21 heavy (non-hydrogen) atoms. The van der Waals surface area contributed by atoms with Crippen LogP contribution >= 0.6 is 0 Å². The maximum atomic E-state index is 12.9. The number of anilines is 1. The summed E-state index contributed by atoms with van der Waals surface area (Å²) in [5, 5.41) is 3.18. The molecule has 0 bridgehead atoms. The first kappa shape index (κ1) is 14.4. The lowest BCUT2D eigenvalue weighted by Gasteiger charge is -2.44. The summed E-state index contributed by atoms with van der Waals surface area (Å²) in [6.07, 6.45) is 9.26. The summed E-state index contributed by atoms with van der Waals surface area (Å²) in [7, 11) is 0. The Kier molecular flexibility index (Phi) is 4.42. The average molecular weight is 287 g/mol. The van der Waals surface area contributed by atoms with Crippen molar-refractivity contribution in [1.82, 2.24) is 9.88 Å². The Labute approximate surface area is 126 Å². The molecule has 0 radical (unpaired) electrons. The van der Waals surface area contributed by atoms with Crippen LogP contribution in [0.4, 0.5) is 5.82 Å². The van der Waals surface area contributed by atoms with Crippen LogP contribution in [0.5, 0.6) is 0 Å². The Morgan fingerprint density at radius 1 is 1.33 bits per heavy atom. The minimum atomic E-state index is 0.188. The molecule has 2 aliphatic rings. The highest BCUT2D eigenvalue weighted by molar-refractivity contribution is 5.95. The number of hydrogen-bond donors (Lipinski definition) is 1. The van der Waals surface area contributed by atoms with Gasteiger partial charge >= 0.3 is 0 Å². The van der Waals surface area contributed by atoms with E-state index in [1.807, 2.05) is 19.1 Å². The second-order valence-corrected chi connectivity index (χ2v) is 6.21. The van der Waals surface area contributed by atoms with E-state index in [0.29, 0.717) is 6.04 Å². The fraction of sp³-hybridized carbons (Fsp3) is 0.647. The van der Waals surface area contributed by atoms with Crippen molar-refractivity contribution >= 4 is 11.7 Å². The van der Waals surface area contributed by atoms with Crippen LogP contribution in [0.3, 0.4) is 0 Å². The van der Waals surface area contributed by atoms with Gasteiger partial charge in [-0.3, -0.25) is 4.79 Å². The third-order valence-electron chi connectivity index (χ3n) is 4.87. The Morgan fingerprint density at radius 2 is 2.14 bits per heavy atom. The summed E-state index contributed by atoms with van der Waals surface area (Å²) in [6, 6.07) is 4.20. The first-order valence-corrected chi connectivity index (χ1v) is 8.30.